The number of hydrogen-bond acceptors (Lipinski definition) is 3. The number of nitrogens with one attached hydrogen (secondary N) is 2. The number of carbonyl (C=O) groups excluding carboxylic acids is 2. The third-order valence-electron chi connectivity index (χ3n) is 4.99. The third kappa shape index (κ3) is 1.84. The fourth-order valence-electron chi connectivity index (χ4n) is 3.89. The molecule has 2 N–H and O–H groups in total. The van der Waals surface area contributed by atoms with E-state index in [0.29, 0.717) is 27.7 Å². The van der Waals surface area contributed by atoms with Crippen molar-refractivity contribution in [2.45, 2.75) is 11.8 Å². The summed E-state index contributed by atoms with van der Waals surface area (Å²) in [5, 5.41) is 10.6. The lowest BCUT2D eigenvalue weighted by Crippen LogP contribution is -2.43. The van der Waals surface area contributed by atoms with E-state index in [1.54, 1.807) is 29.1 Å². The van der Waals surface area contributed by atoms with Crippen molar-refractivity contribution in [2.24, 2.45) is 0 Å². The number of benzene rings is 2. The van der Waals surface area contributed by atoms with E-state index in [9.17, 15) is 9.59 Å². The van der Waals surface area contributed by atoms with Crippen molar-refractivity contribution in [1.29, 1.82) is 0 Å². The highest BCUT2D eigenvalue weighted by atomic mass is 35.5. The van der Waals surface area contributed by atoms with Gasteiger partial charge in [-0.05, 0) is 24.3 Å². The standard InChI is InChI=1S/C19H13ClN4O2/c20-13-7-4-8-14-16(13)19(18(26)22-14)9-15(25)23-17-12(19)10-21-24(17)11-5-2-1-3-6-11/h1-8,10H,9H2,(H,22,26)(H,23,25)/t19-/m1/s1. The summed E-state index contributed by atoms with van der Waals surface area (Å²) in [6.45, 7) is 0. The summed E-state index contributed by atoms with van der Waals surface area (Å²) in [6, 6.07) is 14.7. The number of anilines is 2. The van der Waals surface area contributed by atoms with Gasteiger partial charge in [0, 0.05) is 28.3 Å². The Morgan fingerprint density at radius 3 is 2.65 bits per heavy atom. The highest BCUT2D eigenvalue weighted by Crippen LogP contribution is 2.52. The molecule has 1 spiro atoms. The van der Waals surface area contributed by atoms with Crippen molar-refractivity contribution >= 4 is 34.9 Å². The van der Waals surface area contributed by atoms with E-state index in [1.807, 2.05) is 30.3 Å². The van der Waals surface area contributed by atoms with Crippen molar-refractivity contribution < 1.29 is 9.59 Å². The second-order valence-electron chi connectivity index (χ2n) is 6.40. The summed E-state index contributed by atoms with van der Waals surface area (Å²) in [5.41, 5.74) is 1.54. The average Bonchev–Trinajstić information content (AvgIpc) is 3.17. The Morgan fingerprint density at radius 2 is 1.85 bits per heavy atom. The molecule has 2 amide bonds. The van der Waals surface area contributed by atoms with E-state index in [1.165, 1.54) is 0 Å². The zero-order valence-electron chi connectivity index (χ0n) is 13.5. The topological polar surface area (TPSA) is 76.0 Å². The zero-order chi connectivity index (χ0) is 17.9. The van der Waals surface area contributed by atoms with Crippen LogP contribution in [0.2, 0.25) is 5.02 Å². The zero-order valence-corrected chi connectivity index (χ0v) is 14.2. The number of aromatic nitrogens is 2. The molecule has 0 bridgehead atoms. The predicted molar refractivity (Wildman–Crippen MR) is 97.7 cm³/mol. The Kier molecular flexibility index (Phi) is 3.02. The number of rotatable bonds is 1. The fraction of sp³-hybridized carbons (Fsp3) is 0.105. The molecule has 1 aromatic heterocycles. The van der Waals surface area contributed by atoms with Crippen LogP contribution in [-0.4, -0.2) is 21.6 Å². The van der Waals surface area contributed by atoms with Gasteiger partial charge in [0.15, 0.2) is 0 Å². The molecule has 2 aliphatic rings. The summed E-state index contributed by atoms with van der Waals surface area (Å²) in [7, 11) is 0. The molecule has 3 aromatic rings. The quantitative estimate of drug-likeness (QED) is 0.696. The molecular weight excluding hydrogens is 352 g/mol. The number of nitrogens with zero attached hydrogens (tertiary/aromatic N) is 2. The largest absolute Gasteiger partial charge is 0.325 e. The first-order valence-corrected chi connectivity index (χ1v) is 8.53. The van der Waals surface area contributed by atoms with Gasteiger partial charge in [0.05, 0.1) is 11.9 Å². The van der Waals surface area contributed by atoms with Gasteiger partial charge in [-0.25, -0.2) is 4.68 Å². The minimum atomic E-state index is -1.17. The van der Waals surface area contributed by atoms with Crippen molar-refractivity contribution in [3.8, 4) is 5.69 Å². The molecule has 2 aromatic carbocycles. The van der Waals surface area contributed by atoms with Crippen LogP contribution < -0.4 is 10.6 Å². The average molecular weight is 365 g/mol. The molecule has 26 heavy (non-hydrogen) atoms. The van der Waals surface area contributed by atoms with Gasteiger partial charge in [-0.1, -0.05) is 35.9 Å². The molecule has 0 saturated heterocycles. The van der Waals surface area contributed by atoms with Gasteiger partial charge in [-0.2, -0.15) is 5.10 Å². The Hall–Kier alpha value is -3.12. The second-order valence-corrected chi connectivity index (χ2v) is 6.81. The summed E-state index contributed by atoms with van der Waals surface area (Å²) in [4.78, 5) is 25.6. The second kappa shape index (κ2) is 5.19. The maximum atomic E-state index is 13.0. The molecule has 2 aliphatic heterocycles. The fourth-order valence-corrected chi connectivity index (χ4v) is 4.22. The third-order valence-corrected chi connectivity index (χ3v) is 5.30. The molecule has 3 heterocycles. The first-order valence-electron chi connectivity index (χ1n) is 8.15. The molecule has 0 saturated carbocycles. The van der Waals surface area contributed by atoms with Crippen LogP contribution in [0.25, 0.3) is 5.69 Å². The number of hydrogen-bond donors (Lipinski definition) is 2. The van der Waals surface area contributed by atoms with Crippen LogP contribution in [-0.2, 0) is 15.0 Å². The van der Waals surface area contributed by atoms with E-state index in [2.05, 4.69) is 15.7 Å². The molecule has 0 aliphatic carbocycles. The first kappa shape index (κ1) is 15.2. The molecule has 5 rings (SSSR count). The van der Waals surface area contributed by atoms with Crippen LogP contribution in [0, 0.1) is 0 Å². The maximum Gasteiger partial charge on any atom is 0.240 e. The summed E-state index contributed by atoms with van der Waals surface area (Å²) in [5.74, 6) is -0.0159. The van der Waals surface area contributed by atoms with Gasteiger partial charge in [0.2, 0.25) is 11.8 Å². The van der Waals surface area contributed by atoms with Crippen LogP contribution in [0.5, 0.6) is 0 Å². The van der Waals surface area contributed by atoms with Crippen LogP contribution in [0.3, 0.4) is 0 Å². The lowest BCUT2D eigenvalue weighted by molar-refractivity contribution is -0.125. The van der Waals surface area contributed by atoms with Gasteiger partial charge >= 0.3 is 0 Å². The van der Waals surface area contributed by atoms with E-state index >= 15 is 0 Å². The molecule has 0 radical (unpaired) electrons. The van der Waals surface area contributed by atoms with Crippen LogP contribution in [0.4, 0.5) is 11.5 Å². The molecule has 6 nitrogen and oxygen atoms in total. The summed E-state index contributed by atoms with van der Waals surface area (Å²) < 4.78 is 1.64. The van der Waals surface area contributed by atoms with Crippen LogP contribution in [0.1, 0.15) is 17.5 Å². The van der Waals surface area contributed by atoms with Crippen molar-refractivity contribution in [3.63, 3.8) is 0 Å². The molecule has 0 fully saturated rings. The monoisotopic (exact) mass is 364 g/mol. The van der Waals surface area contributed by atoms with Gasteiger partial charge in [0.25, 0.3) is 0 Å². The SMILES string of the molecule is O=C1C[C@@]2(C(=O)Nc3cccc(Cl)c32)c2cnn(-c3ccccc3)c2N1. The van der Waals surface area contributed by atoms with Gasteiger partial charge in [0.1, 0.15) is 11.2 Å². The van der Waals surface area contributed by atoms with E-state index in [-0.39, 0.29) is 18.2 Å². The predicted octanol–water partition coefficient (Wildman–Crippen LogP) is 3.11. The smallest absolute Gasteiger partial charge is 0.240 e. The Labute approximate surface area is 153 Å². The van der Waals surface area contributed by atoms with Crippen molar-refractivity contribution in [1.82, 2.24) is 9.78 Å². The molecule has 1 atom stereocenters. The Balaban J connectivity index is 1.80. The van der Waals surface area contributed by atoms with Gasteiger partial charge in [-0.3, -0.25) is 9.59 Å². The number of amides is 2. The maximum absolute atomic E-state index is 13.0. The van der Waals surface area contributed by atoms with Crippen molar-refractivity contribution in [2.75, 3.05) is 10.6 Å². The van der Waals surface area contributed by atoms with Gasteiger partial charge < -0.3 is 10.6 Å². The molecule has 128 valence electrons. The molecule has 0 unspecified atom stereocenters. The lowest BCUT2D eigenvalue weighted by atomic mass is 9.72. The summed E-state index contributed by atoms with van der Waals surface area (Å²) >= 11 is 6.44. The number of halogens is 1. The van der Waals surface area contributed by atoms with E-state index < -0.39 is 5.41 Å². The summed E-state index contributed by atoms with van der Waals surface area (Å²) in [6.07, 6.45) is 1.63. The molecular formula is C19H13ClN4O2. The lowest BCUT2D eigenvalue weighted by Gasteiger charge is -2.32. The number of carbonyl (C=O) groups is 2. The van der Waals surface area contributed by atoms with E-state index in [0.717, 1.165) is 5.69 Å². The van der Waals surface area contributed by atoms with Crippen LogP contribution in [0.15, 0.2) is 54.7 Å². The highest BCUT2D eigenvalue weighted by Gasteiger charge is 2.55. The Morgan fingerprint density at radius 1 is 1.04 bits per heavy atom. The van der Waals surface area contributed by atoms with Gasteiger partial charge in [-0.15, -0.1) is 0 Å². The highest BCUT2D eigenvalue weighted by molar-refractivity contribution is 6.33. The number of para-hydroxylation sites is 1. The normalized spacial score (nSPS) is 20.5. The first-order chi connectivity index (χ1) is 12.6. The molecule has 7 heteroatoms. The van der Waals surface area contributed by atoms with E-state index in [4.69, 9.17) is 11.6 Å². The minimum Gasteiger partial charge on any atom is -0.325 e. The van der Waals surface area contributed by atoms with Crippen molar-refractivity contribution in [3.05, 3.63) is 70.9 Å². The Bertz CT molecular complexity index is 1080. The minimum absolute atomic E-state index is 0.0109. The van der Waals surface area contributed by atoms with Crippen LogP contribution >= 0.6 is 11.6 Å². The number of fused-ring (bicyclic) bond motifs is 4.